The molecule has 0 amide bonds. The monoisotopic (exact) mass is 340 g/mol. The van der Waals surface area contributed by atoms with E-state index in [9.17, 15) is 0 Å². The van der Waals surface area contributed by atoms with Crippen molar-refractivity contribution in [2.45, 2.75) is 12.5 Å². The number of methoxy groups -OCH3 is 1. The van der Waals surface area contributed by atoms with E-state index in [0.29, 0.717) is 24.0 Å². The van der Waals surface area contributed by atoms with Crippen LogP contribution >= 0.6 is 27.5 Å². The molecule has 100 valence electrons. The summed E-state index contributed by atoms with van der Waals surface area (Å²) in [5, 5.41) is 0. The van der Waals surface area contributed by atoms with Crippen molar-refractivity contribution >= 4 is 27.5 Å². The molecule has 2 nitrogen and oxygen atoms in total. The number of ether oxygens (including phenoxy) is 2. The number of alkyl halides is 1. The van der Waals surface area contributed by atoms with Crippen molar-refractivity contribution < 1.29 is 9.47 Å². The van der Waals surface area contributed by atoms with Gasteiger partial charge in [0.2, 0.25) is 0 Å². The van der Waals surface area contributed by atoms with Gasteiger partial charge in [0.15, 0.2) is 11.5 Å². The molecular weight excluding hydrogens is 328 g/mol. The molecule has 0 spiro atoms. The van der Waals surface area contributed by atoms with Gasteiger partial charge in [0, 0.05) is 10.0 Å². The van der Waals surface area contributed by atoms with Gasteiger partial charge in [-0.1, -0.05) is 40.2 Å². The highest BCUT2D eigenvalue weighted by molar-refractivity contribution is 9.10. The van der Waals surface area contributed by atoms with Gasteiger partial charge in [-0.3, -0.25) is 0 Å². The van der Waals surface area contributed by atoms with Crippen LogP contribution in [0.2, 0.25) is 0 Å². The fraction of sp³-hybridized carbons (Fsp3) is 0.200. The van der Waals surface area contributed by atoms with Crippen LogP contribution in [-0.2, 0) is 12.5 Å². The minimum Gasteiger partial charge on any atom is -0.493 e. The van der Waals surface area contributed by atoms with Crippen LogP contribution in [0.3, 0.4) is 0 Å². The standard InChI is InChI=1S/C15H14BrClO2/c1-18-14-4-2-3-12(9-17)15(14)19-10-11-5-7-13(16)8-6-11/h2-8H,9-10H2,1H3. The highest BCUT2D eigenvalue weighted by Crippen LogP contribution is 2.32. The summed E-state index contributed by atoms with van der Waals surface area (Å²) in [5.74, 6) is 1.81. The summed E-state index contributed by atoms with van der Waals surface area (Å²) < 4.78 is 12.2. The van der Waals surface area contributed by atoms with Crippen molar-refractivity contribution in [3.63, 3.8) is 0 Å². The number of para-hydroxylation sites is 1. The molecule has 0 bridgehead atoms. The molecular formula is C15H14BrClO2. The van der Waals surface area contributed by atoms with Crippen molar-refractivity contribution in [1.82, 2.24) is 0 Å². The third-order valence-electron chi connectivity index (χ3n) is 2.72. The second kappa shape index (κ2) is 6.83. The van der Waals surface area contributed by atoms with Crippen molar-refractivity contribution in [3.05, 3.63) is 58.1 Å². The van der Waals surface area contributed by atoms with Crippen LogP contribution in [-0.4, -0.2) is 7.11 Å². The molecule has 2 aromatic rings. The van der Waals surface area contributed by atoms with E-state index < -0.39 is 0 Å². The van der Waals surface area contributed by atoms with Crippen molar-refractivity contribution in [3.8, 4) is 11.5 Å². The Bertz CT molecular complexity index is 518. The molecule has 0 aliphatic heterocycles. The predicted octanol–water partition coefficient (Wildman–Crippen LogP) is 4.78. The van der Waals surface area contributed by atoms with Crippen LogP contribution in [0.25, 0.3) is 0 Å². The largest absolute Gasteiger partial charge is 0.493 e. The quantitative estimate of drug-likeness (QED) is 0.729. The van der Waals surface area contributed by atoms with Crippen molar-refractivity contribution in [1.29, 1.82) is 0 Å². The molecule has 0 radical (unpaired) electrons. The molecule has 4 heteroatoms. The minimum absolute atomic E-state index is 0.396. The Labute approximate surface area is 126 Å². The van der Waals surface area contributed by atoms with Gasteiger partial charge in [-0.05, 0) is 23.8 Å². The molecule has 0 aromatic heterocycles. The van der Waals surface area contributed by atoms with E-state index in [1.165, 1.54) is 0 Å². The summed E-state index contributed by atoms with van der Waals surface area (Å²) >= 11 is 9.33. The number of rotatable bonds is 5. The predicted molar refractivity (Wildman–Crippen MR) is 81.0 cm³/mol. The van der Waals surface area contributed by atoms with Crippen LogP contribution in [0.1, 0.15) is 11.1 Å². The topological polar surface area (TPSA) is 18.5 Å². The Morgan fingerprint density at radius 3 is 2.47 bits per heavy atom. The maximum absolute atomic E-state index is 5.92. The molecule has 0 heterocycles. The molecule has 0 aliphatic rings. The van der Waals surface area contributed by atoms with Crippen LogP contribution in [0, 0.1) is 0 Å². The smallest absolute Gasteiger partial charge is 0.166 e. The van der Waals surface area contributed by atoms with Gasteiger partial charge in [-0.25, -0.2) is 0 Å². The first-order valence-corrected chi connectivity index (χ1v) is 7.16. The lowest BCUT2D eigenvalue weighted by molar-refractivity contribution is 0.282. The second-order valence-corrected chi connectivity index (χ2v) is 5.18. The summed E-state index contributed by atoms with van der Waals surface area (Å²) in [6, 6.07) is 13.7. The molecule has 0 saturated carbocycles. The normalized spacial score (nSPS) is 10.3. The zero-order chi connectivity index (χ0) is 13.7. The number of hydrogen-bond acceptors (Lipinski definition) is 2. The van der Waals surface area contributed by atoms with Crippen molar-refractivity contribution in [2.24, 2.45) is 0 Å². The van der Waals surface area contributed by atoms with Gasteiger partial charge >= 0.3 is 0 Å². The SMILES string of the molecule is COc1cccc(CCl)c1OCc1ccc(Br)cc1. The van der Waals surface area contributed by atoms with Gasteiger partial charge in [0.05, 0.1) is 13.0 Å². The van der Waals surface area contributed by atoms with Crippen LogP contribution in [0.5, 0.6) is 11.5 Å². The number of halogens is 2. The fourth-order valence-electron chi connectivity index (χ4n) is 1.73. The first kappa shape index (κ1) is 14.2. The average molecular weight is 342 g/mol. The lowest BCUT2D eigenvalue weighted by Crippen LogP contribution is -2.00. The van der Waals surface area contributed by atoms with E-state index in [4.69, 9.17) is 21.1 Å². The second-order valence-electron chi connectivity index (χ2n) is 4.00. The highest BCUT2D eigenvalue weighted by atomic mass is 79.9. The molecule has 19 heavy (non-hydrogen) atoms. The Balaban J connectivity index is 2.16. The third kappa shape index (κ3) is 3.64. The van der Waals surface area contributed by atoms with Gasteiger partial charge in [0.1, 0.15) is 6.61 Å². The molecule has 0 atom stereocenters. The summed E-state index contributed by atoms with van der Waals surface area (Å²) in [6.45, 7) is 0.484. The maximum atomic E-state index is 5.92. The fourth-order valence-corrected chi connectivity index (χ4v) is 2.20. The first-order valence-electron chi connectivity index (χ1n) is 5.83. The molecule has 0 N–H and O–H groups in total. The van der Waals surface area contributed by atoms with E-state index in [-0.39, 0.29) is 0 Å². The van der Waals surface area contributed by atoms with Gasteiger partial charge in [0.25, 0.3) is 0 Å². The number of hydrogen-bond donors (Lipinski definition) is 0. The Hall–Kier alpha value is -1.19. The Morgan fingerprint density at radius 2 is 1.84 bits per heavy atom. The zero-order valence-corrected chi connectivity index (χ0v) is 12.9. The lowest BCUT2D eigenvalue weighted by Gasteiger charge is -2.14. The van der Waals surface area contributed by atoms with Crippen LogP contribution in [0.4, 0.5) is 0 Å². The molecule has 0 fully saturated rings. The molecule has 0 unspecified atom stereocenters. The summed E-state index contributed by atoms with van der Waals surface area (Å²) in [5.41, 5.74) is 2.02. The minimum atomic E-state index is 0.396. The summed E-state index contributed by atoms with van der Waals surface area (Å²) in [6.07, 6.45) is 0. The molecule has 2 aromatic carbocycles. The number of benzene rings is 2. The van der Waals surface area contributed by atoms with E-state index in [0.717, 1.165) is 15.6 Å². The first-order chi connectivity index (χ1) is 9.24. The van der Waals surface area contributed by atoms with E-state index in [2.05, 4.69) is 15.9 Å². The highest BCUT2D eigenvalue weighted by Gasteiger charge is 2.09. The van der Waals surface area contributed by atoms with E-state index >= 15 is 0 Å². The summed E-state index contributed by atoms with van der Waals surface area (Å²) in [7, 11) is 1.62. The van der Waals surface area contributed by atoms with Gasteiger partial charge in [-0.2, -0.15) is 0 Å². The maximum Gasteiger partial charge on any atom is 0.166 e. The van der Waals surface area contributed by atoms with Crippen LogP contribution in [0.15, 0.2) is 46.9 Å². The van der Waals surface area contributed by atoms with E-state index in [1.807, 2.05) is 42.5 Å². The molecule has 0 saturated heterocycles. The van der Waals surface area contributed by atoms with Crippen molar-refractivity contribution in [2.75, 3.05) is 7.11 Å². The van der Waals surface area contributed by atoms with Gasteiger partial charge < -0.3 is 9.47 Å². The molecule has 2 rings (SSSR count). The van der Waals surface area contributed by atoms with Crippen LogP contribution < -0.4 is 9.47 Å². The Morgan fingerprint density at radius 1 is 1.11 bits per heavy atom. The Kier molecular flexibility index (Phi) is 5.11. The third-order valence-corrected chi connectivity index (χ3v) is 3.54. The summed E-state index contributed by atoms with van der Waals surface area (Å²) in [4.78, 5) is 0. The van der Waals surface area contributed by atoms with E-state index in [1.54, 1.807) is 7.11 Å². The zero-order valence-electron chi connectivity index (χ0n) is 10.5. The van der Waals surface area contributed by atoms with Gasteiger partial charge in [-0.15, -0.1) is 11.6 Å². The molecule has 0 aliphatic carbocycles. The lowest BCUT2D eigenvalue weighted by atomic mass is 10.2. The average Bonchev–Trinajstić information content (AvgIpc) is 2.46.